The van der Waals surface area contributed by atoms with Crippen LogP contribution in [-0.2, 0) is 13.4 Å². The van der Waals surface area contributed by atoms with Crippen molar-refractivity contribution in [3.8, 4) is 17.6 Å². The van der Waals surface area contributed by atoms with Crippen LogP contribution in [0, 0.1) is 23.6 Å². The van der Waals surface area contributed by atoms with Crippen LogP contribution in [0.25, 0.3) is 0 Å². The number of aryl methyl sites for hydroxylation is 1. The van der Waals surface area contributed by atoms with Gasteiger partial charge in [0, 0.05) is 54.6 Å². The van der Waals surface area contributed by atoms with Gasteiger partial charge in [-0.3, -0.25) is 0 Å². The van der Waals surface area contributed by atoms with Crippen molar-refractivity contribution < 1.29 is 18.0 Å². The summed E-state index contributed by atoms with van der Waals surface area (Å²) in [7, 11) is 1.61. The van der Waals surface area contributed by atoms with E-state index in [0.29, 0.717) is 35.9 Å². The van der Waals surface area contributed by atoms with Gasteiger partial charge in [0.05, 0.1) is 12.1 Å². The molecule has 7 nitrogen and oxygen atoms in total. The van der Waals surface area contributed by atoms with E-state index in [1.165, 1.54) is 12.1 Å². The molecule has 3 aromatic rings. The number of benzene rings is 1. The number of nitrogens with zero attached hydrogens (tertiary/aromatic N) is 5. The molecule has 32 heavy (non-hydrogen) atoms. The van der Waals surface area contributed by atoms with Crippen LogP contribution in [0.4, 0.5) is 10.1 Å². The first-order valence-corrected chi connectivity index (χ1v) is 10.9. The van der Waals surface area contributed by atoms with E-state index in [1.807, 2.05) is 12.1 Å². The molecule has 2 bridgehead atoms. The van der Waals surface area contributed by atoms with Crippen molar-refractivity contribution in [2.45, 2.75) is 19.3 Å². The average Bonchev–Trinajstić information content (AvgIpc) is 3.32. The van der Waals surface area contributed by atoms with Crippen molar-refractivity contribution in [3.63, 3.8) is 0 Å². The van der Waals surface area contributed by atoms with E-state index in [9.17, 15) is 4.39 Å². The normalized spacial score (nSPS) is 24.0. The molecule has 1 aromatic carbocycles. The predicted octanol–water partition coefficient (Wildman–Crippen LogP) is 4.51. The van der Waals surface area contributed by atoms with Gasteiger partial charge >= 0.3 is 6.01 Å². The van der Waals surface area contributed by atoms with Crippen LogP contribution in [0.5, 0.6) is 17.6 Å². The number of methoxy groups -OCH3 is 1. The summed E-state index contributed by atoms with van der Waals surface area (Å²) in [4.78, 5) is 11.0. The first-order valence-electron chi connectivity index (χ1n) is 12.1. The van der Waals surface area contributed by atoms with Gasteiger partial charge in [0.1, 0.15) is 11.6 Å². The largest absolute Gasteiger partial charge is 0.481 e. The van der Waals surface area contributed by atoms with Gasteiger partial charge in [-0.05, 0) is 48.8 Å². The minimum absolute atomic E-state index is 0.127. The molecule has 3 heterocycles. The Balaban J connectivity index is 1.34. The van der Waals surface area contributed by atoms with E-state index in [1.54, 1.807) is 13.3 Å². The maximum Gasteiger partial charge on any atom is 0.320 e. The second-order valence-corrected chi connectivity index (χ2v) is 8.73. The molecule has 0 amide bonds. The van der Waals surface area contributed by atoms with Crippen molar-refractivity contribution in [2.75, 3.05) is 25.1 Å². The van der Waals surface area contributed by atoms with Crippen LogP contribution in [-0.4, -0.2) is 39.9 Å². The SMILES string of the molecule is [2H]C([2H])([2H])n1nc(CC2[C@@H]3CC[C@H]2CN(c2ccnc(OC)c2)C3)nc1Oc1ccc(F)c(Cl)c1. The monoisotopic (exact) mass is 460 g/mol. The quantitative estimate of drug-likeness (QED) is 0.539. The number of rotatable bonds is 6. The summed E-state index contributed by atoms with van der Waals surface area (Å²) in [5, 5.41) is 4.15. The summed E-state index contributed by atoms with van der Waals surface area (Å²) < 4.78 is 48.8. The molecule has 1 saturated carbocycles. The highest BCUT2D eigenvalue weighted by Crippen LogP contribution is 2.44. The molecule has 2 aromatic heterocycles. The van der Waals surface area contributed by atoms with Crippen LogP contribution < -0.4 is 14.4 Å². The minimum Gasteiger partial charge on any atom is -0.481 e. The maximum absolute atomic E-state index is 13.5. The number of hydrogen-bond acceptors (Lipinski definition) is 6. The van der Waals surface area contributed by atoms with Crippen molar-refractivity contribution in [2.24, 2.45) is 24.7 Å². The molecule has 0 radical (unpaired) electrons. The molecule has 1 unspecified atom stereocenters. The fourth-order valence-corrected chi connectivity index (χ4v) is 5.10. The lowest BCUT2D eigenvalue weighted by atomic mass is 9.82. The van der Waals surface area contributed by atoms with Crippen LogP contribution in [0.15, 0.2) is 36.5 Å². The summed E-state index contributed by atoms with van der Waals surface area (Å²) in [5.74, 6) is 1.82. The summed E-state index contributed by atoms with van der Waals surface area (Å²) in [6, 6.07) is 7.56. The molecule has 168 valence electrons. The van der Waals surface area contributed by atoms with Crippen LogP contribution in [0.1, 0.15) is 22.8 Å². The van der Waals surface area contributed by atoms with E-state index in [4.69, 9.17) is 25.2 Å². The molecule has 2 fully saturated rings. The van der Waals surface area contributed by atoms with E-state index < -0.39 is 12.8 Å². The molecule has 1 saturated heterocycles. The lowest BCUT2D eigenvalue weighted by Crippen LogP contribution is -2.42. The number of aromatic nitrogens is 4. The van der Waals surface area contributed by atoms with E-state index >= 15 is 0 Å². The van der Waals surface area contributed by atoms with Crippen molar-refractivity contribution >= 4 is 17.3 Å². The lowest BCUT2D eigenvalue weighted by Gasteiger charge is -2.39. The summed E-state index contributed by atoms with van der Waals surface area (Å²) in [6.07, 6.45) is 4.52. The highest BCUT2D eigenvalue weighted by Gasteiger charge is 2.42. The zero-order valence-corrected chi connectivity index (χ0v) is 18.3. The Hall–Kier alpha value is -2.87. The first kappa shape index (κ1) is 17.7. The molecular formula is C23H25ClFN5O2. The zero-order valence-electron chi connectivity index (χ0n) is 20.5. The Morgan fingerprint density at radius 1 is 1.22 bits per heavy atom. The average molecular weight is 461 g/mol. The fraction of sp³-hybridized carbons (Fsp3) is 0.435. The van der Waals surface area contributed by atoms with Crippen LogP contribution >= 0.6 is 11.6 Å². The highest BCUT2D eigenvalue weighted by molar-refractivity contribution is 6.30. The van der Waals surface area contributed by atoms with Crippen LogP contribution in [0.3, 0.4) is 0 Å². The highest BCUT2D eigenvalue weighted by atomic mass is 35.5. The van der Waals surface area contributed by atoms with Gasteiger partial charge in [0.15, 0.2) is 5.82 Å². The number of pyridine rings is 1. The molecule has 0 N–H and O–H groups in total. The lowest BCUT2D eigenvalue weighted by molar-refractivity contribution is 0.265. The Kier molecular flexibility index (Phi) is 4.73. The topological polar surface area (TPSA) is 65.3 Å². The van der Waals surface area contributed by atoms with Crippen molar-refractivity contribution in [1.29, 1.82) is 0 Å². The third-order valence-corrected chi connectivity index (χ3v) is 6.75. The van der Waals surface area contributed by atoms with Gasteiger partial charge in [0.25, 0.3) is 0 Å². The van der Waals surface area contributed by atoms with Gasteiger partial charge in [-0.25, -0.2) is 14.1 Å². The number of anilines is 1. The molecule has 1 aliphatic carbocycles. The van der Waals surface area contributed by atoms with E-state index in [0.717, 1.165) is 42.4 Å². The van der Waals surface area contributed by atoms with Gasteiger partial charge in [-0.15, -0.1) is 0 Å². The third-order valence-electron chi connectivity index (χ3n) is 6.46. The van der Waals surface area contributed by atoms with Crippen LogP contribution in [0.2, 0.25) is 5.02 Å². The van der Waals surface area contributed by atoms with E-state index in [-0.39, 0.29) is 16.8 Å². The van der Waals surface area contributed by atoms with Crippen molar-refractivity contribution in [3.05, 3.63) is 53.2 Å². The molecular weight excluding hydrogens is 433 g/mol. The molecule has 3 atom stereocenters. The Bertz CT molecular complexity index is 1210. The third kappa shape index (κ3) is 4.11. The van der Waals surface area contributed by atoms with Gasteiger partial charge < -0.3 is 14.4 Å². The number of halogens is 2. The number of fused-ring (bicyclic) bond motifs is 2. The molecule has 1 aliphatic heterocycles. The van der Waals surface area contributed by atoms with Gasteiger partial charge in [-0.1, -0.05) is 11.6 Å². The Labute approximate surface area is 195 Å². The number of piperidine rings is 1. The van der Waals surface area contributed by atoms with E-state index in [2.05, 4.69) is 20.0 Å². The molecule has 2 aliphatic rings. The molecule has 5 rings (SSSR count). The zero-order chi connectivity index (χ0) is 24.7. The summed E-state index contributed by atoms with van der Waals surface area (Å²) in [5.41, 5.74) is 1.09. The van der Waals surface area contributed by atoms with Gasteiger partial charge in [-0.2, -0.15) is 10.1 Å². The second kappa shape index (κ2) is 8.58. The first-order chi connectivity index (χ1) is 16.7. The van der Waals surface area contributed by atoms with Gasteiger partial charge in [0.2, 0.25) is 5.88 Å². The summed E-state index contributed by atoms with van der Waals surface area (Å²) in [6.45, 7) is -0.787. The smallest absolute Gasteiger partial charge is 0.320 e. The number of hydrogen-bond donors (Lipinski definition) is 0. The fourth-order valence-electron chi connectivity index (χ4n) is 4.93. The predicted molar refractivity (Wildman–Crippen MR) is 119 cm³/mol. The minimum atomic E-state index is -2.58. The number of ether oxygens (including phenoxy) is 2. The van der Waals surface area contributed by atoms with Crippen molar-refractivity contribution in [1.82, 2.24) is 19.7 Å². The second-order valence-electron chi connectivity index (χ2n) is 8.33. The molecule has 9 heteroatoms. The maximum atomic E-state index is 13.5. The molecule has 0 spiro atoms. The Morgan fingerprint density at radius 3 is 2.75 bits per heavy atom. The Morgan fingerprint density at radius 2 is 2.03 bits per heavy atom. The summed E-state index contributed by atoms with van der Waals surface area (Å²) >= 11 is 5.83. The standard InChI is InChI=1S/C23H25ClFN5O2/c1-29-23(32-17-5-6-20(25)19(24)10-17)27-21(28-29)11-18-14-3-4-15(18)13-30(12-14)16-7-8-26-22(9-16)31-2/h5-10,14-15,18H,3-4,11-13H2,1-2H3/t14-,15+,18?/i1D3.